The summed E-state index contributed by atoms with van der Waals surface area (Å²) in [5.74, 6) is -0.749. The van der Waals surface area contributed by atoms with Crippen molar-refractivity contribution < 1.29 is 4.79 Å². The zero-order valence-corrected chi connectivity index (χ0v) is 8.31. The van der Waals surface area contributed by atoms with Crippen LogP contribution in [0.4, 0.5) is 0 Å². The second kappa shape index (κ2) is 3.98. The van der Waals surface area contributed by atoms with Crippen molar-refractivity contribution in [2.75, 3.05) is 0 Å². The zero-order chi connectivity index (χ0) is 11.5. The maximum Gasteiger partial charge on any atom is 0.261 e. The van der Waals surface area contributed by atoms with Gasteiger partial charge in [0.15, 0.2) is 0 Å². The molecule has 0 saturated heterocycles. The highest BCUT2D eigenvalue weighted by Crippen LogP contribution is 2.19. The van der Waals surface area contributed by atoms with Gasteiger partial charge in [0.1, 0.15) is 5.56 Å². The van der Waals surface area contributed by atoms with Crippen molar-refractivity contribution >= 4 is 5.91 Å². The van der Waals surface area contributed by atoms with Crippen LogP contribution in [0.1, 0.15) is 10.4 Å². The maximum absolute atomic E-state index is 11.5. The number of nitrogens with two attached hydrogens (primary N) is 1. The topological polar surface area (TPSA) is 88.8 Å². The Morgan fingerprint density at radius 2 is 2.19 bits per heavy atom. The van der Waals surface area contributed by atoms with Gasteiger partial charge in [0.25, 0.3) is 11.5 Å². The summed E-state index contributed by atoms with van der Waals surface area (Å²) in [7, 11) is 0. The van der Waals surface area contributed by atoms with Crippen LogP contribution in [0, 0.1) is 0 Å². The first kappa shape index (κ1) is 10.1. The average molecular weight is 215 g/mol. The number of aromatic amines is 1. The fourth-order valence-corrected chi connectivity index (χ4v) is 1.49. The third kappa shape index (κ3) is 1.70. The Bertz CT molecular complexity index is 575. The van der Waals surface area contributed by atoms with Gasteiger partial charge in [0.2, 0.25) is 0 Å². The van der Waals surface area contributed by atoms with Crippen molar-refractivity contribution in [1.82, 2.24) is 9.97 Å². The number of primary amides is 1. The van der Waals surface area contributed by atoms with E-state index in [1.807, 2.05) is 0 Å². The van der Waals surface area contributed by atoms with Gasteiger partial charge in [-0.1, -0.05) is 6.07 Å². The molecule has 0 bridgehead atoms. The van der Waals surface area contributed by atoms with Crippen LogP contribution in [0.15, 0.2) is 41.6 Å². The molecule has 2 heterocycles. The number of carbonyl (C=O) groups excluding carboxylic acids is 1. The lowest BCUT2D eigenvalue weighted by Crippen LogP contribution is -2.24. The van der Waals surface area contributed by atoms with Crippen LogP contribution in [-0.4, -0.2) is 15.9 Å². The number of rotatable bonds is 2. The highest BCUT2D eigenvalue weighted by molar-refractivity contribution is 5.99. The molecular weight excluding hydrogens is 206 g/mol. The van der Waals surface area contributed by atoms with Gasteiger partial charge in [0, 0.05) is 29.7 Å². The van der Waals surface area contributed by atoms with E-state index in [1.165, 1.54) is 6.20 Å². The highest BCUT2D eigenvalue weighted by atomic mass is 16.2. The molecule has 0 aliphatic rings. The van der Waals surface area contributed by atoms with Crippen LogP contribution in [-0.2, 0) is 0 Å². The quantitative estimate of drug-likeness (QED) is 0.766. The summed E-state index contributed by atoms with van der Waals surface area (Å²) in [4.78, 5) is 29.0. The lowest BCUT2D eigenvalue weighted by Gasteiger charge is -2.04. The molecule has 0 fully saturated rings. The van der Waals surface area contributed by atoms with Crippen molar-refractivity contribution in [3.05, 3.63) is 52.7 Å². The van der Waals surface area contributed by atoms with E-state index >= 15 is 0 Å². The molecule has 0 unspecified atom stereocenters. The number of hydrogen-bond acceptors (Lipinski definition) is 3. The Labute approximate surface area is 91.0 Å². The molecule has 2 aromatic rings. The van der Waals surface area contributed by atoms with Gasteiger partial charge in [-0.3, -0.25) is 14.6 Å². The maximum atomic E-state index is 11.5. The van der Waals surface area contributed by atoms with Gasteiger partial charge in [-0.05, 0) is 12.1 Å². The number of nitrogens with one attached hydrogen (secondary N) is 1. The van der Waals surface area contributed by atoms with Gasteiger partial charge < -0.3 is 10.7 Å². The Kier molecular flexibility index (Phi) is 2.51. The molecule has 5 nitrogen and oxygen atoms in total. The lowest BCUT2D eigenvalue weighted by atomic mass is 10.0. The van der Waals surface area contributed by atoms with Crippen molar-refractivity contribution in [3.63, 3.8) is 0 Å². The minimum absolute atomic E-state index is 0.0458. The minimum Gasteiger partial charge on any atom is -0.365 e. The average Bonchev–Trinajstić information content (AvgIpc) is 2.29. The molecule has 0 radical (unpaired) electrons. The van der Waals surface area contributed by atoms with Crippen molar-refractivity contribution in [2.45, 2.75) is 0 Å². The Morgan fingerprint density at radius 3 is 2.81 bits per heavy atom. The second-order valence-corrected chi connectivity index (χ2v) is 3.20. The summed E-state index contributed by atoms with van der Waals surface area (Å²) in [5, 5.41) is 0. The first-order chi connectivity index (χ1) is 7.70. The largest absolute Gasteiger partial charge is 0.365 e. The standard InChI is InChI=1S/C11H9N3O2/c12-10(15)9-8(3-5-14-11(9)16)7-2-1-4-13-6-7/h1-6H,(H2,12,15)(H,14,16). The van der Waals surface area contributed by atoms with Gasteiger partial charge in [-0.25, -0.2) is 0 Å². The van der Waals surface area contributed by atoms with Crippen LogP contribution in [0.5, 0.6) is 0 Å². The number of carbonyl (C=O) groups is 1. The van der Waals surface area contributed by atoms with E-state index in [-0.39, 0.29) is 5.56 Å². The first-order valence-corrected chi connectivity index (χ1v) is 4.62. The number of nitrogens with zero attached hydrogens (tertiary/aromatic N) is 1. The van der Waals surface area contributed by atoms with Crippen LogP contribution in [0.25, 0.3) is 11.1 Å². The molecule has 3 N–H and O–H groups in total. The monoisotopic (exact) mass is 215 g/mol. The van der Waals surface area contributed by atoms with Crippen LogP contribution >= 0.6 is 0 Å². The van der Waals surface area contributed by atoms with E-state index in [0.29, 0.717) is 11.1 Å². The van der Waals surface area contributed by atoms with Crippen LogP contribution in [0.3, 0.4) is 0 Å². The lowest BCUT2D eigenvalue weighted by molar-refractivity contribution is 0.0999. The zero-order valence-electron chi connectivity index (χ0n) is 8.31. The van der Waals surface area contributed by atoms with Crippen molar-refractivity contribution in [2.24, 2.45) is 5.73 Å². The normalized spacial score (nSPS) is 10.0. The number of H-pyrrole nitrogens is 1. The van der Waals surface area contributed by atoms with E-state index in [0.717, 1.165) is 0 Å². The van der Waals surface area contributed by atoms with Gasteiger partial charge >= 0.3 is 0 Å². The number of pyridine rings is 2. The third-order valence-electron chi connectivity index (χ3n) is 2.18. The van der Waals surface area contributed by atoms with E-state index in [2.05, 4.69) is 9.97 Å². The number of amides is 1. The Morgan fingerprint density at radius 1 is 1.38 bits per heavy atom. The van der Waals surface area contributed by atoms with Crippen LogP contribution < -0.4 is 11.3 Å². The molecule has 1 amide bonds. The number of hydrogen-bond donors (Lipinski definition) is 2. The first-order valence-electron chi connectivity index (χ1n) is 4.62. The summed E-state index contributed by atoms with van der Waals surface area (Å²) >= 11 is 0. The van der Waals surface area contributed by atoms with Crippen LogP contribution in [0.2, 0.25) is 0 Å². The van der Waals surface area contributed by atoms with E-state index < -0.39 is 11.5 Å². The molecule has 16 heavy (non-hydrogen) atoms. The molecule has 5 heteroatoms. The summed E-state index contributed by atoms with van der Waals surface area (Å²) in [5.41, 5.74) is 5.81. The molecule has 0 saturated carbocycles. The molecule has 0 aromatic carbocycles. The Balaban J connectivity index is 2.71. The molecule has 0 atom stereocenters. The summed E-state index contributed by atoms with van der Waals surface area (Å²) in [6, 6.07) is 5.11. The summed E-state index contributed by atoms with van der Waals surface area (Å²) in [6.07, 6.45) is 4.65. The molecule has 2 aromatic heterocycles. The Hall–Kier alpha value is -2.43. The smallest absolute Gasteiger partial charge is 0.261 e. The molecule has 0 aliphatic heterocycles. The molecule has 0 aliphatic carbocycles. The fraction of sp³-hybridized carbons (Fsp3) is 0. The molecular formula is C11H9N3O2. The van der Waals surface area contributed by atoms with Crippen molar-refractivity contribution in [1.29, 1.82) is 0 Å². The fourth-order valence-electron chi connectivity index (χ4n) is 1.49. The van der Waals surface area contributed by atoms with Gasteiger partial charge in [-0.2, -0.15) is 0 Å². The summed E-state index contributed by atoms with van der Waals surface area (Å²) in [6.45, 7) is 0. The van der Waals surface area contributed by atoms with Gasteiger partial charge in [-0.15, -0.1) is 0 Å². The van der Waals surface area contributed by atoms with Crippen molar-refractivity contribution in [3.8, 4) is 11.1 Å². The van der Waals surface area contributed by atoms with E-state index in [9.17, 15) is 9.59 Å². The predicted octanol–water partition coefficient (Wildman–Crippen LogP) is 0.536. The molecule has 2 rings (SSSR count). The number of aromatic nitrogens is 2. The van der Waals surface area contributed by atoms with E-state index in [1.54, 1.807) is 30.6 Å². The summed E-state index contributed by atoms with van der Waals surface area (Å²) < 4.78 is 0. The molecule has 80 valence electrons. The SMILES string of the molecule is NC(=O)c1c(-c2cccnc2)cc[nH]c1=O. The highest BCUT2D eigenvalue weighted by Gasteiger charge is 2.13. The van der Waals surface area contributed by atoms with Gasteiger partial charge in [0.05, 0.1) is 0 Å². The van der Waals surface area contributed by atoms with E-state index in [4.69, 9.17) is 5.73 Å². The minimum atomic E-state index is -0.749. The predicted molar refractivity (Wildman–Crippen MR) is 58.8 cm³/mol. The second-order valence-electron chi connectivity index (χ2n) is 3.20. The third-order valence-corrected chi connectivity index (χ3v) is 2.18. The molecule has 0 spiro atoms.